The van der Waals surface area contributed by atoms with Gasteiger partial charge in [-0.3, -0.25) is 19.2 Å². The van der Waals surface area contributed by atoms with Gasteiger partial charge in [0.2, 0.25) is 0 Å². The summed E-state index contributed by atoms with van der Waals surface area (Å²) in [6.45, 7) is 13.8. The highest BCUT2D eigenvalue weighted by Gasteiger charge is 2.24. The number of methoxy groups -OCH3 is 4. The Morgan fingerprint density at radius 1 is 0.411 bits per heavy atom. The van der Waals surface area contributed by atoms with Crippen molar-refractivity contribution in [2.45, 2.75) is 72.1 Å². The third-order valence-electron chi connectivity index (χ3n) is 15.0. The van der Waals surface area contributed by atoms with Crippen molar-refractivity contribution in [1.82, 2.24) is 0 Å². The van der Waals surface area contributed by atoms with Crippen molar-refractivity contribution in [2.75, 3.05) is 28.4 Å². The van der Waals surface area contributed by atoms with Crippen molar-refractivity contribution in [3.8, 4) is 69.0 Å². The van der Waals surface area contributed by atoms with Gasteiger partial charge in [-0.1, -0.05) is 52.3 Å². The van der Waals surface area contributed by atoms with Crippen LogP contribution in [0.2, 0.25) is 0 Å². The summed E-state index contributed by atoms with van der Waals surface area (Å²) in [5.41, 5.74) is 7.70. The molecule has 16 heteroatoms. The smallest absolute Gasteiger partial charge is 0.185 e. The number of ketones is 4. The zero-order valence-electron chi connectivity index (χ0n) is 54.8. The molecular weight excluding hydrogens is 1200 g/mol. The molecule has 0 saturated heterocycles. The number of hydrogen-bond acceptors (Lipinski definition) is 16. The normalized spacial score (nSPS) is 11.1. The number of allylic oxidation sites excluding steroid dienone is 7. The van der Waals surface area contributed by atoms with E-state index >= 15 is 0 Å². The number of hydrogen-bond donors (Lipinski definition) is 8. The van der Waals surface area contributed by atoms with Crippen molar-refractivity contribution in [3.63, 3.8) is 0 Å². The second kappa shape index (κ2) is 36.5. The van der Waals surface area contributed by atoms with Crippen LogP contribution in [0.15, 0.2) is 195 Å². The van der Waals surface area contributed by atoms with E-state index in [9.17, 15) is 60.0 Å². The van der Waals surface area contributed by atoms with Gasteiger partial charge < -0.3 is 59.8 Å². The van der Waals surface area contributed by atoms with Gasteiger partial charge in [0, 0.05) is 74.3 Å². The molecular formula is C79H82O16. The van der Waals surface area contributed by atoms with Crippen LogP contribution in [0, 0.1) is 0 Å². The summed E-state index contributed by atoms with van der Waals surface area (Å²) in [7, 11) is 6.06. The number of phenolic OH excluding ortho intramolecular Hbond substituents is 8. The molecule has 0 aromatic heterocycles. The number of aryl methyl sites for hydroxylation is 1. The highest BCUT2D eigenvalue weighted by molar-refractivity contribution is 6.09. The van der Waals surface area contributed by atoms with Gasteiger partial charge in [0.15, 0.2) is 23.1 Å². The van der Waals surface area contributed by atoms with Crippen molar-refractivity contribution in [1.29, 1.82) is 0 Å². The summed E-state index contributed by atoms with van der Waals surface area (Å²) in [5.74, 6) is 2.41. The van der Waals surface area contributed by atoms with Crippen LogP contribution in [-0.2, 0) is 24.7 Å². The molecule has 8 aromatic carbocycles. The summed E-state index contributed by atoms with van der Waals surface area (Å²) < 4.78 is 21.1. The molecule has 8 rings (SSSR count). The Morgan fingerprint density at radius 2 is 0.695 bits per heavy atom. The van der Waals surface area contributed by atoms with Gasteiger partial charge in [0.05, 0.1) is 28.4 Å². The van der Waals surface area contributed by atoms with Crippen LogP contribution >= 0.6 is 0 Å². The van der Waals surface area contributed by atoms with Crippen LogP contribution in [-0.4, -0.2) is 92.4 Å². The van der Waals surface area contributed by atoms with Crippen LogP contribution in [0.1, 0.15) is 133 Å². The first-order valence-corrected chi connectivity index (χ1v) is 30.3. The quantitative estimate of drug-likeness (QED) is 0.0159. The molecule has 0 fully saturated rings. The minimum Gasteiger partial charge on any atom is -0.508 e. The highest BCUT2D eigenvalue weighted by atomic mass is 16.5. The third kappa shape index (κ3) is 22.1. The lowest BCUT2D eigenvalue weighted by atomic mass is 9.81. The molecule has 0 unspecified atom stereocenters. The number of phenols is 8. The van der Waals surface area contributed by atoms with E-state index in [2.05, 4.69) is 27.4 Å². The van der Waals surface area contributed by atoms with Gasteiger partial charge in [-0.15, -0.1) is 6.58 Å². The van der Waals surface area contributed by atoms with E-state index < -0.39 is 0 Å². The molecule has 494 valence electrons. The van der Waals surface area contributed by atoms with Gasteiger partial charge in [0.25, 0.3) is 0 Å². The molecule has 0 heterocycles. The Morgan fingerprint density at radius 3 is 0.979 bits per heavy atom. The molecule has 0 aliphatic carbocycles. The molecule has 0 radical (unpaired) electrons. The molecule has 8 N–H and O–H groups in total. The number of rotatable bonds is 24. The lowest BCUT2D eigenvalue weighted by Crippen LogP contribution is -2.16. The predicted molar refractivity (Wildman–Crippen MR) is 374 cm³/mol. The number of carbonyl (C=O) groups excluding carboxylic acids is 4. The van der Waals surface area contributed by atoms with E-state index in [1.807, 2.05) is 38.1 Å². The number of ether oxygens (including phenoxy) is 4. The minimum atomic E-state index is -0.195. The topological polar surface area (TPSA) is 267 Å². The van der Waals surface area contributed by atoms with E-state index in [1.54, 1.807) is 109 Å². The van der Waals surface area contributed by atoms with Gasteiger partial charge in [0.1, 0.15) is 69.0 Å². The number of aromatic hydroxyl groups is 8. The van der Waals surface area contributed by atoms with Crippen molar-refractivity contribution in [3.05, 3.63) is 261 Å². The Hall–Kier alpha value is -11.5. The zero-order valence-corrected chi connectivity index (χ0v) is 54.8. The van der Waals surface area contributed by atoms with Crippen molar-refractivity contribution in [2.24, 2.45) is 0 Å². The van der Waals surface area contributed by atoms with E-state index in [1.165, 1.54) is 107 Å². The van der Waals surface area contributed by atoms with E-state index in [0.29, 0.717) is 74.8 Å². The maximum Gasteiger partial charge on any atom is 0.185 e. The second-order valence-electron chi connectivity index (χ2n) is 22.0. The Bertz CT molecular complexity index is 4070. The van der Waals surface area contributed by atoms with Crippen molar-refractivity contribution < 1.29 is 79.0 Å². The Kier molecular flexibility index (Phi) is 28.5. The van der Waals surface area contributed by atoms with Crippen molar-refractivity contribution >= 4 is 47.4 Å². The van der Waals surface area contributed by atoms with Crippen LogP contribution in [0.3, 0.4) is 0 Å². The average Bonchev–Trinajstić information content (AvgIpc) is 0.844. The summed E-state index contributed by atoms with van der Waals surface area (Å²) in [6.07, 6.45) is 21.6. The van der Waals surface area contributed by atoms with Gasteiger partial charge in [-0.2, -0.15) is 0 Å². The van der Waals surface area contributed by atoms with Gasteiger partial charge in [-0.25, -0.2) is 0 Å². The van der Waals surface area contributed by atoms with E-state index in [0.717, 1.165) is 47.1 Å². The Labute approximate surface area is 554 Å². The predicted octanol–water partition coefficient (Wildman–Crippen LogP) is 16.5. The number of benzene rings is 8. The maximum atomic E-state index is 12.3. The summed E-state index contributed by atoms with van der Waals surface area (Å²) in [6, 6.07) is 37.7. The van der Waals surface area contributed by atoms with Crippen LogP contribution < -0.4 is 18.9 Å². The molecule has 0 aliphatic rings. The molecule has 95 heavy (non-hydrogen) atoms. The molecule has 16 nitrogen and oxygen atoms in total. The average molecular weight is 1290 g/mol. The molecule has 0 aliphatic heterocycles. The van der Waals surface area contributed by atoms with Crippen LogP contribution in [0.5, 0.6) is 69.0 Å². The largest absolute Gasteiger partial charge is 0.508 e. The summed E-state index contributed by atoms with van der Waals surface area (Å²) >= 11 is 0. The molecule has 0 bridgehead atoms. The standard InChI is InChI=1S/C21H24O4.C20H20O4.C19H20O4.C19H18O4/c1-5-21(2,3)17-12-15(20(25-4)13-19(17)24)8-11-18(23)14-6-9-16(22)10-7-14;1-3-4-5-15-12-16(20(24-2)13-19(15)23)8-11-18(22)14-6-9-17(21)10-7-14;2*1-3-4-14-11-15(19(23-2)12-18(14)22)7-10-17(21)13-5-8-16(20)9-6-13/h6-13,22,24H,5H2,1-4H3;3-4,6-13,21,23H,5H2,1-2H3;5-12,20,22H,3-4H2,1-2H3;3,5-12,20,22H,1,4H2,2H3. The Balaban J connectivity index is 0.000000229. The van der Waals surface area contributed by atoms with Gasteiger partial charge >= 0.3 is 0 Å². The summed E-state index contributed by atoms with van der Waals surface area (Å²) in [5, 5.41) is 77.3. The monoisotopic (exact) mass is 1290 g/mol. The molecule has 0 atom stereocenters. The fourth-order valence-corrected chi connectivity index (χ4v) is 9.19. The minimum absolute atomic E-state index is 0.111. The zero-order chi connectivity index (χ0) is 69.8. The first kappa shape index (κ1) is 74.2. The second-order valence-corrected chi connectivity index (χ2v) is 22.0. The maximum absolute atomic E-state index is 12.3. The molecule has 0 amide bonds. The lowest BCUT2D eigenvalue weighted by molar-refractivity contribution is 0.103. The van der Waals surface area contributed by atoms with E-state index in [4.69, 9.17) is 18.9 Å². The van der Waals surface area contributed by atoms with Crippen LogP contribution in [0.25, 0.3) is 24.3 Å². The van der Waals surface area contributed by atoms with Gasteiger partial charge in [-0.05, 0) is 225 Å². The molecule has 8 aromatic rings. The lowest BCUT2D eigenvalue weighted by Gasteiger charge is -2.25. The number of carbonyl (C=O) groups is 4. The first-order valence-electron chi connectivity index (χ1n) is 30.3. The summed E-state index contributed by atoms with van der Waals surface area (Å²) in [4.78, 5) is 48.7. The van der Waals surface area contributed by atoms with Crippen LogP contribution in [0.4, 0.5) is 0 Å². The first-order chi connectivity index (χ1) is 45.4. The molecule has 0 saturated carbocycles. The third-order valence-corrected chi connectivity index (χ3v) is 15.0. The fourth-order valence-electron chi connectivity index (χ4n) is 9.19. The SMILES string of the molecule is C=CCc1cc(C=CC(=O)c2ccc(O)cc2)c(OC)cc1O.CC=CCc1cc(C=CC(=O)c2ccc(O)cc2)c(OC)cc1O.CCC(C)(C)c1cc(C=CC(=O)c2ccc(O)cc2)c(OC)cc1O.CCCc1cc(C=CC(=O)c2ccc(O)cc2)c(OC)cc1O. The fraction of sp³-hybridized carbons (Fsp3) is 0.190. The van der Waals surface area contributed by atoms with E-state index in [-0.39, 0.29) is 74.5 Å². The molecule has 0 spiro atoms. The highest BCUT2D eigenvalue weighted by Crippen LogP contribution is 2.39.